The van der Waals surface area contributed by atoms with E-state index in [1.165, 1.54) is 11.8 Å². The second-order valence-corrected chi connectivity index (χ2v) is 8.21. The molecule has 1 aliphatic heterocycles. The normalized spacial score (nSPS) is 16.5. The molecule has 0 radical (unpaired) electrons. The molecule has 1 N–H and O–H groups in total. The van der Waals surface area contributed by atoms with Crippen molar-refractivity contribution >= 4 is 35.2 Å². The average molecular weight is 424 g/mol. The molecule has 0 saturated carbocycles. The molecule has 27 heavy (non-hydrogen) atoms. The van der Waals surface area contributed by atoms with Crippen LogP contribution >= 0.6 is 23.2 Å². The van der Waals surface area contributed by atoms with E-state index in [1.54, 1.807) is 20.8 Å². The maximum atomic E-state index is 14.6. The summed E-state index contributed by atoms with van der Waals surface area (Å²) in [6.45, 7) is 6.25. The van der Waals surface area contributed by atoms with E-state index >= 15 is 0 Å². The van der Waals surface area contributed by atoms with Gasteiger partial charge in [-0.3, -0.25) is 4.79 Å². The third-order valence-electron chi connectivity index (χ3n) is 3.96. The maximum Gasteiger partial charge on any atom is 0.408 e. The molecule has 1 aromatic rings. The minimum atomic E-state index is -3.21. The van der Waals surface area contributed by atoms with E-state index < -0.39 is 35.5 Å². The summed E-state index contributed by atoms with van der Waals surface area (Å²) in [6, 6.07) is 1.23. The highest BCUT2D eigenvalue weighted by atomic mass is 35.5. The molecule has 2 amide bonds. The summed E-state index contributed by atoms with van der Waals surface area (Å²) in [5.41, 5.74) is -1.05. The number of aromatic nitrogens is 1. The van der Waals surface area contributed by atoms with Crippen LogP contribution in [0.4, 0.5) is 13.6 Å². The van der Waals surface area contributed by atoms with Crippen LogP contribution in [0.5, 0.6) is 0 Å². The minimum absolute atomic E-state index is 0.125. The van der Waals surface area contributed by atoms with Gasteiger partial charge in [0.15, 0.2) is 0 Å². The van der Waals surface area contributed by atoms with E-state index in [-0.39, 0.29) is 29.0 Å². The lowest BCUT2D eigenvalue weighted by atomic mass is 9.88. The standard InChI is InChI=1S/C17H21Cl2F2N3O3/c1-9(22-15(26)27-16(2,3)4)14(25)24-7-11(8-24)17(20,21)10-5-12(18)23-13(19)6-10/h5-6,9,11H,7-8H2,1-4H3,(H,22,26). The highest BCUT2D eigenvalue weighted by Gasteiger charge is 2.50. The summed E-state index contributed by atoms with van der Waals surface area (Å²) in [6.07, 6.45) is -0.744. The Labute approximate surface area is 166 Å². The zero-order valence-electron chi connectivity index (χ0n) is 15.4. The molecule has 6 nitrogen and oxygen atoms in total. The lowest BCUT2D eigenvalue weighted by Crippen LogP contribution is -2.60. The van der Waals surface area contributed by atoms with Crippen LogP contribution < -0.4 is 5.32 Å². The molecule has 2 rings (SSSR count). The van der Waals surface area contributed by atoms with Gasteiger partial charge >= 0.3 is 6.09 Å². The largest absolute Gasteiger partial charge is 0.444 e. The van der Waals surface area contributed by atoms with Crippen LogP contribution in [0.1, 0.15) is 33.3 Å². The van der Waals surface area contributed by atoms with Crippen molar-refractivity contribution in [2.45, 2.75) is 45.3 Å². The Hall–Kier alpha value is -1.67. The van der Waals surface area contributed by atoms with Gasteiger partial charge in [-0.25, -0.2) is 18.6 Å². The molecular formula is C17H21Cl2F2N3O3. The number of pyridine rings is 1. The van der Waals surface area contributed by atoms with Crippen LogP contribution in [-0.2, 0) is 15.5 Å². The average Bonchev–Trinajstić information content (AvgIpc) is 2.41. The van der Waals surface area contributed by atoms with Gasteiger partial charge in [-0.2, -0.15) is 0 Å². The Morgan fingerprint density at radius 3 is 2.26 bits per heavy atom. The predicted octanol–water partition coefficient (Wildman–Crippen LogP) is 3.85. The molecule has 2 heterocycles. The number of carbonyl (C=O) groups is 2. The van der Waals surface area contributed by atoms with Gasteiger partial charge in [0.05, 0.1) is 5.92 Å². The molecule has 0 bridgehead atoms. The first-order chi connectivity index (χ1) is 12.3. The zero-order chi connectivity index (χ0) is 20.6. The van der Waals surface area contributed by atoms with E-state index in [2.05, 4.69) is 10.3 Å². The van der Waals surface area contributed by atoms with Crippen molar-refractivity contribution in [1.82, 2.24) is 15.2 Å². The first-order valence-electron chi connectivity index (χ1n) is 8.29. The van der Waals surface area contributed by atoms with Crippen molar-refractivity contribution in [3.8, 4) is 0 Å². The SMILES string of the molecule is CC(NC(=O)OC(C)(C)C)C(=O)N1CC(C(F)(F)c2cc(Cl)nc(Cl)c2)C1. The number of nitrogens with one attached hydrogen (secondary N) is 1. The number of nitrogens with zero attached hydrogens (tertiary/aromatic N) is 2. The number of alkyl halides is 2. The first-order valence-corrected chi connectivity index (χ1v) is 9.05. The molecule has 0 spiro atoms. The Balaban J connectivity index is 1.94. The van der Waals surface area contributed by atoms with E-state index in [4.69, 9.17) is 27.9 Å². The quantitative estimate of drug-likeness (QED) is 0.746. The van der Waals surface area contributed by atoms with Gasteiger partial charge in [0.25, 0.3) is 5.92 Å². The molecule has 1 fully saturated rings. The summed E-state index contributed by atoms with van der Waals surface area (Å²) in [5.74, 6) is -4.75. The van der Waals surface area contributed by atoms with Crippen molar-refractivity contribution in [3.63, 3.8) is 0 Å². The van der Waals surface area contributed by atoms with Gasteiger partial charge < -0.3 is 15.0 Å². The number of hydrogen-bond acceptors (Lipinski definition) is 4. The number of carbonyl (C=O) groups excluding carboxylic acids is 2. The van der Waals surface area contributed by atoms with Gasteiger partial charge in [0, 0.05) is 18.7 Å². The van der Waals surface area contributed by atoms with Crippen molar-refractivity contribution < 1.29 is 23.1 Å². The number of amides is 2. The highest BCUT2D eigenvalue weighted by molar-refractivity contribution is 6.32. The molecular weight excluding hydrogens is 403 g/mol. The molecule has 1 atom stereocenters. The lowest BCUT2D eigenvalue weighted by molar-refractivity contribution is -0.157. The van der Waals surface area contributed by atoms with Gasteiger partial charge in [-0.05, 0) is 39.8 Å². The molecule has 150 valence electrons. The fourth-order valence-electron chi connectivity index (χ4n) is 2.60. The molecule has 1 aliphatic rings. The molecule has 1 unspecified atom stereocenters. The van der Waals surface area contributed by atoms with Gasteiger partial charge in [0.1, 0.15) is 21.9 Å². The monoisotopic (exact) mass is 423 g/mol. The third-order valence-corrected chi connectivity index (χ3v) is 4.34. The molecule has 10 heteroatoms. The Morgan fingerprint density at radius 1 is 1.26 bits per heavy atom. The van der Waals surface area contributed by atoms with E-state index in [0.29, 0.717) is 0 Å². The topological polar surface area (TPSA) is 71.5 Å². The summed E-state index contributed by atoms with van der Waals surface area (Å²) in [5, 5.41) is 2.15. The van der Waals surface area contributed by atoms with E-state index in [1.807, 2.05) is 0 Å². The maximum absolute atomic E-state index is 14.6. The first kappa shape index (κ1) is 21.6. The van der Waals surface area contributed by atoms with E-state index in [9.17, 15) is 18.4 Å². The number of ether oxygens (including phenoxy) is 1. The number of rotatable bonds is 4. The van der Waals surface area contributed by atoms with Crippen molar-refractivity contribution in [1.29, 1.82) is 0 Å². The molecule has 0 aliphatic carbocycles. The van der Waals surface area contributed by atoms with Crippen LogP contribution in [-0.4, -0.2) is 46.6 Å². The molecule has 1 aromatic heterocycles. The summed E-state index contributed by atoms with van der Waals surface area (Å²) in [7, 11) is 0. The molecule has 0 aromatic carbocycles. The van der Waals surface area contributed by atoms with Crippen LogP contribution in [0.25, 0.3) is 0 Å². The van der Waals surface area contributed by atoms with Crippen LogP contribution in [0.15, 0.2) is 12.1 Å². The summed E-state index contributed by atoms with van der Waals surface area (Å²) in [4.78, 5) is 28.9. The fraction of sp³-hybridized carbons (Fsp3) is 0.588. The summed E-state index contributed by atoms with van der Waals surface area (Å²) < 4.78 is 34.3. The van der Waals surface area contributed by atoms with Gasteiger partial charge in [-0.1, -0.05) is 23.2 Å². The summed E-state index contributed by atoms with van der Waals surface area (Å²) >= 11 is 11.4. The second kappa shape index (κ2) is 7.75. The van der Waals surface area contributed by atoms with Crippen LogP contribution in [0.2, 0.25) is 10.3 Å². The predicted molar refractivity (Wildman–Crippen MR) is 97.1 cm³/mol. The highest BCUT2D eigenvalue weighted by Crippen LogP contribution is 2.42. The molecule has 1 saturated heterocycles. The van der Waals surface area contributed by atoms with Gasteiger partial charge in [0.2, 0.25) is 5.91 Å². The minimum Gasteiger partial charge on any atom is -0.444 e. The van der Waals surface area contributed by atoms with Crippen molar-refractivity contribution in [3.05, 3.63) is 28.0 Å². The third kappa shape index (κ3) is 5.42. The number of likely N-dealkylation sites (tertiary alicyclic amines) is 1. The lowest BCUT2D eigenvalue weighted by Gasteiger charge is -2.44. The zero-order valence-corrected chi connectivity index (χ0v) is 16.9. The second-order valence-electron chi connectivity index (χ2n) is 7.43. The Bertz CT molecular complexity index is 714. The Kier molecular flexibility index (Phi) is 6.21. The number of alkyl carbamates (subject to hydrolysis) is 1. The fourth-order valence-corrected chi connectivity index (χ4v) is 3.06. The van der Waals surface area contributed by atoms with Crippen LogP contribution in [0.3, 0.4) is 0 Å². The van der Waals surface area contributed by atoms with Crippen LogP contribution in [0, 0.1) is 5.92 Å². The van der Waals surface area contributed by atoms with E-state index in [0.717, 1.165) is 12.1 Å². The number of halogens is 4. The number of hydrogen-bond donors (Lipinski definition) is 1. The van der Waals surface area contributed by atoms with Gasteiger partial charge in [-0.15, -0.1) is 0 Å². The smallest absolute Gasteiger partial charge is 0.408 e. The van der Waals surface area contributed by atoms with Crippen molar-refractivity contribution in [2.75, 3.05) is 13.1 Å². The Morgan fingerprint density at radius 2 is 1.78 bits per heavy atom. The van der Waals surface area contributed by atoms with Crippen molar-refractivity contribution in [2.24, 2.45) is 5.92 Å².